The van der Waals surface area contributed by atoms with E-state index in [9.17, 15) is 8.42 Å². The number of rotatable bonds is 1. The van der Waals surface area contributed by atoms with E-state index in [1.165, 1.54) is 12.1 Å². The molecule has 0 aliphatic carbocycles. The van der Waals surface area contributed by atoms with Crippen LogP contribution in [-0.2, 0) is 30.2 Å². The van der Waals surface area contributed by atoms with Crippen molar-refractivity contribution >= 4 is 10.1 Å². The summed E-state index contributed by atoms with van der Waals surface area (Å²) >= 11 is 0. The molecule has 5 heteroatoms. The van der Waals surface area contributed by atoms with Crippen LogP contribution in [0.15, 0.2) is 35.2 Å². The van der Waals surface area contributed by atoms with Crippen LogP contribution in [-0.4, -0.2) is 13.0 Å². The van der Waals surface area contributed by atoms with Gasteiger partial charge in [-0.2, -0.15) is 8.42 Å². The van der Waals surface area contributed by atoms with Crippen molar-refractivity contribution in [3.05, 3.63) is 30.3 Å². The zero-order valence-electron chi connectivity index (χ0n) is 5.39. The van der Waals surface area contributed by atoms with Gasteiger partial charge in [0, 0.05) is 20.1 Å². The van der Waals surface area contributed by atoms with Crippen LogP contribution >= 0.6 is 0 Å². The molecule has 11 heavy (non-hydrogen) atoms. The van der Waals surface area contributed by atoms with Crippen LogP contribution < -0.4 is 0 Å². The first-order chi connectivity index (χ1) is 4.61. The second-order valence-electron chi connectivity index (χ2n) is 1.79. The van der Waals surface area contributed by atoms with E-state index in [2.05, 4.69) is 0 Å². The molecule has 0 aromatic heterocycles. The van der Waals surface area contributed by atoms with Gasteiger partial charge >= 0.3 is 0 Å². The maximum absolute atomic E-state index is 10.4. The Hall–Kier alpha value is -0.221. The van der Waals surface area contributed by atoms with Crippen molar-refractivity contribution in [3.63, 3.8) is 0 Å². The molecule has 0 saturated heterocycles. The van der Waals surface area contributed by atoms with E-state index in [-0.39, 0.29) is 25.0 Å². The minimum absolute atomic E-state index is 0. The average Bonchev–Trinajstić information content (AvgIpc) is 1.88. The molecule has 0 unspecified atom stereocenters. The first-order valence-electron chi connectivity index (χ1n) is 2.63. The Morgan fingerprint density at radius 3 is 1.82 bits per heavy atom. The van der Waals surface area contributed by atoms with Gasteiger partial charge in [0.25, 0.3) is 10.1 Å². The van der Waals surface area contributed by atoms with Gasteiger partial charge in [0.15, 0.2) is 0 Å². The first-order valence-corrected chi connectivity index (χ1v) is 4.07. The summed E-state index contributed by atoms with van der Waals surface area (Å²) in [5.74, 6) is 0. The normalized spacial score (nSPS) is 10.3. The first kappa shape index (κ1) is 10.8. The summed E-state index contributed by atoms with van der Waals surface area (Å²) < 4.78 is 29.2. The molecule has 0 aliphatic heterocycles. The number of hydrogen-bond acceptors (Lipinski definition) is 2. The third-order valence-corrected chi connectivity index (χ3v) is 1.91. The van der Waals surface area contributed by atoms with Crippen molar-refractivity contribution < 1.29 is 33.1 Å². The fraction of sp³-hybridized carbons (Fsp3) is 0. The van der Waals surface area contributed by atoms with E-state index >= 15 is 0 Å². The van der Waals surface area contributed by atoms with Gasteiger partial charge in [0.1, 0.15) is 0 Å². The predicted octanol–water partition coefficient (Wildman–Crippen LogP) is 0.931. The van der Waals surface area contributed by atoms with Gasteiger partial charge < -0.3 is 0 Å². The zero-order chi connectivity index (χ0) is 7.61. The Morgan fingerprint density at radius 2 is 1.55 bits per heavy atom. The summed E-state index contributed by atoms with van der Waals surface area (Å²) in [7, 11) is -4.00. The van der Waals surface area contributed by atoms with Crippen LogP contribution in [0.25, 0.3) is 0 Å². The smallest absolute Gasteiger partial charge is 0.282 e. The van der Waals surface area contributed by atoms with Crippen molar-refractivity contribution in [2.45, 2.75) is 4.90 Å². The van der Waals surface area contributed by atoms with Crippen LogP contribution in [0.2, 0.25) is 0 Å². The van der Waals surface area contributed by atoms with Gasteiger partial charge in [0.05, 0.1) is 4.90 Å². The molecule has 0 bridgehead atoms. The molecule has 63 valence electrons. The van der Waals surface area contributed by atoms with Crippen LogP contribution in [0, 0.1) is 0 Å². The second kappa shape index (κ2) is 3.97. The van der Waals surface area contributed by atoms with Crippen molar-refractivity contribution in [2.24, 2.45) is 0 Å². The minimum Gasteiger partial charge on any atom is -0.282 e. The van der Waals surface area contributed by atoms with Gasteiger partial charge in [0.2, 0.25) is 0 Å². The Kier molecular flexibility index (Phi) is 3.89. The molecule has 1 aromatic rings. The average molecular weight is 350 g/mol. The Morgan fingerprint density at radius 1 is 1.09 bits per heavy atom. The second-order valence-corrected chi connectivity index (χ2v) is 3.21. The summed E-state index contributed by atoms with van der Waals surface area (Å²) in [5.41, 5.74) is 0. The molecule has 0 atom stereocenters. The fourth-order valence-corrected chi connectivity index (χ4v) is 1.09. The maximum atomic E-state index is 10.4. The number of benzene rings is 1. The van der Waals surface area contributed by atoms with Crippen LogP contribution in [0.5, 0.6) is 0 Å². The zero-order valence-corrected chi connectivity index (χ0v) is 8.60. The SMILES string of the molecule is O=S(=O)(O)c1ccccc1.[Ir]. The number of hydrogen-bond donors (Lipinski definition) is 1. The van der Waals surface area contributed by atoms with Gasteiger partial charge in [-0.1, -0.05) is 18.2 Å². The van der Waals surface area contributed by atoms with Crippen molar-refractivity contribution in [1.82, 2.24) is 0 Å². The molecule has 0 spiro atoms. The molecule has 0 aliphatic rings. The van der Waals surface area contributed by atoms with E-state index in [1.54, 1.807) is 18.2 Å². The van der Waals surface area contributed by atoms with Gasteiger partial charge in [-0.3, -0.25) is 4.55 Å². The topological polar surface area (TPSA) is 54.4 Å². The van der Waals surface area contributed by atoms with Crippen LogP contribution in [0.3, 0.4) is 0 Å². The molecule has 0 saturated carbocycles. The standard InChI is InChI=1S/C6H6O3S.Ir/c7-10(8,9)6-4-2-1-3-5-6;/h1-5H,(H,7,8,9);. The Bertz CT molecular complexity index is 306. The molecule has 1 radical (unpaired) electrons. The quantitative estimate of drug-likeness (QED) is 0.767. The van der Waals surface area contributed by atoms with Gasteiger partial charge in [-0.15, -0.1) is 0 Å². The maximum Gasteiger partial charge on any atom is 0.294 e. The third kappa shape index (κ3) is 3.12. The van der Waals surface area contributed by atoms with Crippen molar-refractivity contribution in [2.75, 3.05) is 0 Å². The Balaban J connectivity index is 0.000001000. The summed E-state index contributed by atoms with van der Waals surface area (Å²) in [5, 5.41) is 0. The molecule has 1 N–H and O–H groups in total. The molecule has 0 amide bonds. The van der Waals surface area contributed by atoms with E-state index in [1.807, 2.05) is 0 Å². The van der Waals surface area contributed by atoms with E-state index in [4.69, 9.17) is 4.55 Å². The van der Waals surface area contributed by atoms with Crippen LogP contribution in [0.1, 0.15) is 0 Å². The van der Waals surface area contributed by atoms with E-state index < -0.39 is 10.1 Å². The molecule has 0 fully saturated rings. The van der Waals surface area contributed by atoms with E-state index in [0.29, 0.717) is 0 Å². The largest absolute Gasteiger partial charge is 0.294 e. The van der Waals surface area contributed by atoms with Crippen molar-refractivity contribution in [3.8, 4) is 0 Å². The van der Waals surface area contributed by atoms with Gasteiger partial charge in [-0.05, 0) is 12.1 Å². The fourth-order valence-electron chi connectivity index (χ4n) is 0.592. The molecule has 1 aromatic carbocycles. The van der Waals surface area contributed by atoms with E-state index in [0.717, 1.165) is 0 Å². The molecular formula is C6H6IrO3S. The molecule has 1 rings (SSSR count). The monoisotopic (exact) mass is 351 g/mol. The predicted molar refractivity (Wildman–Crippen MR) is 36.3 cm³/mol. The summed E-state index contributed by atoms with van der Waals surface area (Å²) in [6.45, 7) is 0. The summed E-state index contributed by atoms with van der Waals surface area (Å²) in [6, 6.07) is 7.42. The molecule has 0 heterocycles. The summed E-state index contributed by atoms with van der Waals surface area (Å²) in [4.78, 5) is -0.0741. The van der Waals surface area contributed by atoms with Crippen LogP contribution in [0.4, 0.5) is 0 Å². The van der Waals surface area contributed by atoms with Crippen molar-refractivity contribution in [1.29, 1.82) is 0 Å². The summed E-state index contributed by atoms with van der Waals surface area (Å²) in [6.07, 6.45) is 0. The molecule has 3 nitrogen and oxygen atoms in total. The third-order valence-electron chi connectivity index (χ3n) is 1.04. The van der Waals surface area contributed by atoms with Gasteiger partial charge in [-0.25, -0.2) is 0 Å². The molecular weight excluding hydrogens is 344 g/mol. The Labute approximate surface area is 78.5 Å². The minimum atomic E-state index is -4.00.